The zero-order valence-corrected chi connectivity index (χ0v) is 19.5. The Kier molecular flexibility index (Phi) is 6.20. The van der Waals surface area contributed by atoms with Gasteiger partial charge in [-0.1, -0.05) is 6.07 Å². The number of aromatic nitrogens is 3. The first kappa shape index (κ1) is 23.9. The molecule has 2 unspecified atom stereocenters. The number of aliphatic hydroxyl groups is 1. The van der Waals surface area contributed by atoms with Crippen LogP contribution in [0.5, 0.6) is 17.4 Å². The summed E-state index contributed by atoms with van der Waals surface area (Å²) >= 11 is 0. The Bertz CT molecular complexity index is 1280. The number of halogens is 3. The molecule has 2 aliphatic heterocycles. The highest BCUT2D eigenvalue weighted by atomic mass is 19.3. The van der Waals surface area contributed by atoms with Crippen LogP contribution in [-0.4, -0.2) is 65.7 Å². The highest BCUT2D eigenvalue weighted by Gasteiger charge is 2.56. The van der Waals surface area contributed by atoms with Gasteiger partial charge < -0.3 is 29.5 Å². The van der Waals surface area contributed by atoms with Crippen molar-refractivity contribution in [2.75, 3.05) is 37.5 Å². The number of anilines is 2. The molecule has 0 amide bonds. The van der Waals surface area contributed by atoms with Crippen LogP contribution in [0.25, 0.3) is 11.3 Å². The SMILES string of the molecule is COc1cc(CO)cnc1OC1CN2c3cc(-c4cccc(F)c4OC)nnc3NCC2(C(F)F)C1. The number of ether oxygens (including phenoxy) is 3. The van der Waals surface area contributed by atoms with E-state index >= 15 is 0 Å². The first-order chi connectivity index (χ1) is 17.4. The Morgan fingerprint density at radius 2 is 2.06 bits per heavy atom. The lowest BCUT2D eigenvalue weighted by Gasteiger charge is -2.43. The molecule has 5 rings (SSSR count). The Morgan fingerprint density at radius 3 is 2.78 bits per heavy atom. The highest BCUT2D eigenvalue weighted by Crippen LogP contribution is 2.47. The van der Waals surface area contributed by atoms with Crippen LogP contribution < -0.4 is 24.4 Å². The van der Waals surface area contributed by atoms with Crippen LogP contribution in [0.1, 0.15) is 12.0 Å². The largest absolute Gasteiger partial charge is 0.493 e. The second-order valence-electron chi connectivity index (χ2n) is 8.61. The molecule has 4 heterocycles. The van der Waals surface area contributed by atoms with Crippen molar-refractivity contribution in [3.8, 4) is 28.6 Å². The molecular formula is C24H24F3N5O4. The summed E-state index contributed by atoms with van der Waals surface area (Å²) in [4.78, 5) is 5.77. The van der Waals surface area contributed by atoms with E-state index in [4.69, 9.17) is 14.2 Å². The van der Waals surface area contributed by atoms with Crippen molar-refractivity contribution in [1.29, 1.82) is 0 Å². The monoisotopic (exact) mass is 503 g/mol. The molecule has 1 aromatic carbocycles. The molecule has 190 valence electrons. The van der Waals surface area contributed by atoms with Crippen LogP contribution in [0.4, 0.5) is 24.7 Å². The van der Waals surface area contributed by atoms with Crippen molar-refractivity contribution in [3.63, 3.8) is 0 Å². The Hall–Kier alpha value is -3.80. The first-order valence-electron chi connectivity index (χ1n) is 11.2. The van der Waals surface area contributed by atoms with Gasteiger partial charge in [0, 0.05) is 24.7 Å². The van der Waals surface area contributed by atoms with Gasteiger partial charge in [-0.15, -0.1) is 10.2 Å². The molecule has 0 spiro atoms. The maximum absolute atomic E-state index is 14.6. The molecule has 1 saturated heterocycles. The molecule has 12 heteroatoms. The number of benzene rings is 1. The van der Waals surface area contributed by atoms with Gasteiger partial charge >= 0.3 is 0 Å². The van der Waals surface area contributed by atoms with E-state index in [0.717, 1.165) is 0 Å². The molecule has 0 aliphatic carbocycles. The zero-order valence-electron chi connectivity index (χ0n) is 19.5. The van der Waals surface area contributed by atoms with Crippen molar-refractivity contribution >= 4 is 11.5 Å². The second-order valence-corrected chi connectivity index (χ2v) is 8.61. The van der Waals surface area contributed by atoms with Gasteiger partial charge in [-0.05, 0) is 29.8 Å². The van der Waals surface area contributed by atoms with Gasteiger partial charge in [-0.3, -0.25) is 0 Å². The lowest BCUT2D eigenvalue weighted by molar-refractivity contribution is 0.0526. The number of rotatable bonds is 7. The minimum Gasteiger partial charge on any atom is -0.493 e. The topological polar surface area (TPSA) is 102 Å². The second kappa shape index (κ2) is 9.34. The lowest BCUT2D eigenvalue weighted by atomic mass is 9.93. The van der Waals surface area contributed by atoms with Crippen molar-refractivity contribution in [2.45, 2.75) is 31.1 Å². The average Bonchev–Trinajstić information content (AvgIpc) is 3.28. The smallest absolute Gasteiger partial charge is 0.263 e. The summed E-state index contributed by atoms with van der Waals surface area (Å²) in [5.41, 5.74) is 0.00115. The standard InChI is InChI=1S/C24H24F3N5O4/c1-34-19-6-13(11-33)9-28-22(19)36-14-8-24(23(26)27)12-29-21-18(32(24)10-14)7-17(30-31-21)15-4-3-5-16(25)20(15)35-2/h3-7,9,14,23,33H,8,10-12H2,1-2H3,(H,29,31). The summed E-state index contributed by atoms with van der Waals surface area (Å²) in [6.07, 6.45) is -1.91. The third-order valence-corrected chi connectivity index (χ3v) is 6.54. The van der Waals surface area contributed by atoms with E-state index in [9.17, 15) is 18.3 Å². The summed E-state index contributed by atoms with van der Waals surface area (Å²) < 4.78 is 60.0. The van der Waals surface area contributed by atoms with Gasteiger partial charge in [-0.25, -0.2) is 18.2 Å². The molecule has 0 bridgehead atoms. The van der Waals surface area contributed by atoms with Gasteiger partial charge in [0.05, 0.1) is 38.8 Å². The highest BCUT2D eigenvalue weighted by molar-refractivity contribution is 5.78. The third kappa shape index (κ3) is 3.91. The number of para-hydroxylation sites is 1. The number of hydrogen-bond donors (Lipinski definition) is 2. The van der Waals surface area contributed by atoms with E-state index in [1.807, 2.05) is 0 Å². The average molecular weight is 503 g/mol. The fraction of sp³-hybridized carbons (Fsp3) is 0.375. The van der Waals surface area contributed by atoms with E-state index < -0.39 is 23.9 Å². The molecule has 0 radical (unpaired) electrons. The van der Waals surface area contributed by atoms with E-state index in [0.29, 0.717) is 28.4 Å². The molecular weight excluding hydrogens is 479 g/mol. The molecule has 2 N–H and O–H groups in total. The number of hydrogen-bond acceptors (Lipinski definition) is 9. The van der Waals surface area contributed by atoms with Crippen LogP contribution in [0.3, 0.4) is 0 Å². The molecule has 2 aromatic heterocycles. The van der Waals surface area contributed by atoms with Crippen LogP contribution in [0.15, 0.2) is 36.5 Å². The van der Waals surface area contributed by atoms with Crippen molar-refractivity contribution in [3.05, 3.63) is 47.9 Å². The fourth-order valence-corrected chi connectivity index (χ4v) is 4.77. The van der Waals surface area contributed by atoms with Gasteiger partial charge in [0.2, 0.25) is 0 Å². The predicted octanol–water partition coefficient (Wildman–Crippen LogP) is 3.27. The quantitative estimate of drug-likeness (QED) is 0.503. The van der Waals surface area contributed by atoms with E-state index in [2.05, 4.69) is 20.5 Å². The summed E-state index contributed by atoms with van der Waals surface area (Å²) in [6.45, 7) is -0.170. The minimum absolute atomic E-state index is 0.00460. The zero-order chi connectivity index (χ0) is 25.4. The summed E-state index contributed by atoms with van der Waals surface area (Å²) in [5, 5.41) is 20.7. The summed E-state index contributed by atoms with van der Waals surface area (Å²) in [6, 6.07) is 7.57. The maximum atomic E-state index is 14.6. The van der Waals surface area contributed by atoms with Gasteiger partial charge in [0.15, 0.2) is 23.1 Å². The van der Waals surface area contributed by atoms with Gasteiger partial charge in [0.25, 0.3) is 12.3 Å². The number of methoxy groups -OCH3 is 2. The predicted molar refractivity (Wildman–Crippen MR) is 124 cm³/mol. The summed E-state index contributed by atoms with van der Waals surface area (Å²) in [5.74, 6) is 0.201. The lowest BCUT2D eigenvalue weighted by Crippen LogP contribution is -2.57. The number of aliphatic hydroxyl groups excluding tert-OH is 1. The van der Waals surface area contributed by atoms with Crippen LogP contribution in [0.2, 0.25) is 0 Å². The molecule has 2 atom stereocenters. The Morgan fingerprint density at radius 1 is 1.22 bits per heavy atom. The minimum atomic E-state index is -2.71. The normalized spacial score (nSPS) is 20.5. The fourth-order valence-electron chi connectivity index (χ4n) is 4.77. The summed E-state index contributed by atoms with van der Waals surface area (Å²) in [7, 11) is 2.78. The Labute approximate surface area is 204 Å². The van der Waals surface area contributed by atoms with Gasteiger partial charge in [0.1, 0.15) is 11.6 Å². The van der Waals surface area contributed by atoms with E-state index in [1.54, 1.807) is 23.1 Å². The molecule has 0 saturated carbocycles. The number of pyridine rings is 1. The molecule has 2 aliphatic rings. The molecule has 36 heavy (non-hydrogen) atoms. The Balaban J connectivity index is 1.51. The molecule has 3 aromatic rings. The van der Waals surface area contributed by atoms with Crippen molar-refractivity contribution in [1.82, 2.24) is 15.2 Å². The number of nitrogens with one attached hydrogen (secondary N) is 1. The van der Waals surface area contributed by atoms with Crippen LogP contribution in [-0.2, 0) is 6.61 Å². The molecule has 1 fully saturated rings. The van der Waals surface area contributed by atoms with Crippen molar-refractivity contribution < 1.29 is 32.5 Å². The van der Waals surface area contributed by atoms with Crippen LogP contribution in [0, 0.1) is 5.82 Å². The number of fused-ring (bicyclic) bond motifs is 3. The van der Waals surface area contributed by atoms with Gasteiger partial charge in [-0.2, -0.15) is 0 Å². The molecule has 9 nitrogen and oxygen atoms in total. The first-order valence-corrected chi connectivity index (χ1v) is 11.2. The van der Waals surface area contributed by atoms with E-state index in [1.165, 1.54) is 32.5 Å². The number of nitrogens with zero attached hydrogens (tertiary/aromatic N) is 4. The third-order valence-electron chi connectivity index (χ3n) is 6.54. The van der Waals surface area contributed by atoms with Crippen molar-refractivity contribution in [2.24, 2.45) is 0 Å². The number of alkyl halides is 2. The maximum Gasteiger partial charge on any atom is 0.263 e. The van der Waals surface area contributed by atoms with E-state index in [-0.39, 0.29) is 43.4 Å². The van der Waals surface area contributed by atoms with Crippen LogP contribution >= 0.6 is 0 Å².